The molecule has 4 aromatic rings. The fraction of sp³-hybridized carbons (Fsp3) is 0. The van der Waals surface area contributed by atoms with Crippen LogP contribution in [0.2, 0.25) is 0 Å². The van der Waals surface area contributed by atoms with Crippen LogP contribution in [-0.4, -0.2) is 15.9 Å². The van der Waals surface area contributed by atoms with E-state index in [1.165, 1.54) is 18.3 Å². The average Bonchev–Trinajstić information content (AvgIpc) is 3.13. The Bertz CT molecular complexity index is 1110. The highest BCUT2D eigenvalue weighted by Crippen LogP contribution is 2.28. The van der Waals surface area contributed by atoms with Crippen LogP contribution in [-0.2, 0) is 0 Å². The smallest absolute Gasteiger partial charge is 0.261 e. The molecule has 0 saturated heterocycles. The van der Waals surface area contributed by atoms with Gasteiger partial charge in [0.15, 0.2) is 0 Å². The zero-order chi connectivity index (χ0) is 18.8. The molecule has 2 heterocycles. The lowest BCUT2D eigenvalue weighted by Crippen LogP contribution is -2.15. The number of halogens is 3. The van der Waals surface area contributed by atoms with E-state index < -0.39 is 23.1 Å². The molecule has 0 radical (unpaired) electrons. The summed E-state index contributed by atoms with van der Waals surface area (Å²) in [5.41, 5.74) is 0.579. The zero-order valence-electron chi connectivity index (χ0n) is 14.3. The molecule has 8 heteroatoms. The maximum absolute atomic E-state index is 13.7. The highest BCUT2D eigenvalue weighted by Gasteiger charge is 2.17. The number of aromatic nitrogens is 2. The Morgan fingerprint density at radius 2 is 1.75 bits per heavy atom. The number of pyridine rings is 1. The largest absolute Gasteiger partial charge is 0.438 e. The lowest BCUT2D eigenvalue weighted by atomic mass is 10.2. The summed E-state index contributed by atoms with van der Waals surface area (Å²) in [4.78, 5) is 19.3. The summed E-state index contributed by atoms with van der Waals surface area (Å²) in [7, 11) is 0. The third-order valence-electron chi connectivity index (χ3n) is 3.95. The number of hydrogen-bond acceptors (Lipinski definition) is 3. The molecule has 1 amide bonds. The van der Waals surface area contributed by atoms with Gasteiger partial charge in [-0.3, -0.25) is 4.79 Å². The van der Waals surface area contributed by atoms with Crippen molar-refractivity contribution < 1.29 is 18.3 Å². The number of anilines is 1. The molecule has 2 aromatic carbocycles. The summed E-state index contributed by atoms with van der Waals surface area (Å²) < 4.78 is 33.1. The van der Waals surface area contributed by atoms with Crippen LogP contribution in [0, 0.1) is 11.6 Å². The van der Waals surface area contributed by atoms with E-state index in [4.69, 9.17) is 4.74 Å². The predicted octanol–water partition coefficient (Wildman–Crippen LogP) is 5.31. The molecule has 0 aliphatic heterocycles. The number of nitrogens with one attached hydrogen (secondary N) is 2. The van der Waals surface area contributed by atoms with Crippen LogP contribution in [0.5, 0.6) is 11.6 Å². The first-order valence-corrected chi connectivity index (χ1v) is 8.07. The summed E-state index contributed by atoms with van der Waals surface area (Å²) in [5.74, 6) is -1.80. The molecule has 5 nitrogen and oxygen atoms in total. The molecule has 0 atom stereocenters. The van der Waals surface area contributed by atoms with Gasteiger partial charge >= 0.3 is 0 Å². The van der Waals surface area contributed by atoms with E-state index in [2.05, 4.69) is 15.3 Å². The summed E-state index contributed by atoms with van der Waals surface area (Å²) in [6.45, 7) is 0. The maximum atomic E-state index is 13.7. The average molecular weight is 402 g/mol. The number of carbonyl (C=O) groups excluding carboxylic acids is 1. The number of benzene rings is 2. The number of ether oxygens (including phenoxy) is 1. The van der Waals surface area contributed by atoms with Gasteiger partial charge in [0.1, 0.15) is 22.9 Å². The van der Waals surface area contributed by atoms with E-state index in [1.54, 1.807) is 6.07 Å². The molecule has 28 heavy (non-hydrogen) atoms. The van der Waals surface area contributed by atoms with Crippen molar-refractivity contribution in [3.63, 3.8) is 0 Å². The standard InChI is InChI=1S/C20H13F2N3O2.ClH/c21-14-3-1-4-15(22)19(14)20(26)25-12-7-8-18(24-11-12)27-17-6-2-5-16-13(17)9-10-23-16;/h1-11,23H,(H,25,26);1H. The minimum atomic E-state index is -0.931. The molecule has 0 aliphatic carbocycles. The van der Waals surface area contributed by atoms with Crippen LogP contribution < -0.4 is 10.1 Å². The van der Waals surface area contributed by atoms with Gasteiger partial charge in [0.25, 0.3) is 5.91 Å². The Kier molecular flexibility index (Phi) is 5.56. The zero-order valence-corrected chi connectivity index (χ0v) is 15.1. The molecular formula is C20H14ClF2N3O2. The molecule has 0 spiro atoms. The second kappa shape index (κ2) is 8.06. The second-order valence-electron chi connectivity index (χ2n) is 5.73. The molecule has 0 aliphatic rings. The summed E-state index contributed by atoms with van der Waals surface area (Å²) in [6, 6.07) is 13.8. The first-order chi connectivity index (χ1) is 13.1. The maximum Gasteiger partial charge on any atom is 0.261 e. The van der Waals surface area contributed by atoms with Crippen LogP contribution in [0.25, 0.3) is 10.9 Å². The van der Waals surface area contributed by atoms with E-state index >= 15 is 0 Å². The molecule has 0 fully saturated rings. The van der Waals surface area contributed by atoms with Gasteiger partial charge in [-0.1, -0.05) is 12.1 Å². The molecule has 0 saturated carbocycles. The van der Waals surface area contributed by atoms with E-state index in [0.717, 1.165) is 23.0 Å². The van der Waals surface area contributed by atoms with Crippen molar-refractivity contribution in [1.82, 2.24) is 9.97 Å². The Morgan fingerprint density at radius 1 is 1.00 bits per heavy atom. The normalized spacial score (nSPS) is 10.4. The quantitative estimate of drug-likeness (QED) is 0.487. The third kappa shape index (κ3) is 3.79. The van der Waals surface area contributed by atoms with Gasteiger partial charge in [0, 0.05) is 23.2 Å². The van der Waals surface area contributed by atoms with E-state index in [1.807, 2.05) is 30.5 Å². The fourth-order valence-corrected chi connectivity index (χ4v) is 2.68. The summed E-state index contributed by atoms with van der Waals surface area (Å²) in [5, 5.41) is 3.32. The molecule has 2 N–H and O–H groups in total. The van der Waals surface area contributed by atoms with Crippen LogP contribution in [0.3, 0.4) is 0 Å². The molecule has 142 valence electrons. The van der Waals surface area contributed by atoms with Gasteiger partial charge in [-0.15, -0.1) is 12.4 Å². The molecular weight excluding hydrogens is 388 g/mol. The molecule has 0 bridgehead atoms. The first-order valence-electron chi connectivity index (χ1n) is 8.07. The van der Waals surface area contributed by atoms with Crippen LogP contribution in [0.1, 0.15) is 10.4 Å². The number of nitrogens with zero attached hydrogens (tertiary/aromatic N) is 1. The minimum absolute atomic E-state index is 0. The Labute approximate surface area is 164 Å². The monoisotopic (exact) mass is 401 g/mol. The Balaban J connectivity index is 0.00000225. The fourth-order valence-electron chi connectivity index (χ4n) is 2.68. The highest BCUT2D eigenvalue weighted by atomic mass is 35.5. The Hall–Kier alpha value is -3.45. The number of aromatic amines is 1. The van der Waals surface area contributed by atoms with Gasteiger partial charge < -0.3 is 15.0 Å². The number of fused-ring (bicyclic) bond motifs is 1. The Morgan fingerprint density at radius 3 is 2.46 bits per heavy atom. The van der Waals surface area contributed by atoms with Gasteiger partial charge in [0.2, 0.25) is 5.88 Å². The molecule has 4 rings (SSSR count). The van der Waals surface area contributed by atoms with E-state index in [0.29, 0.717) is 11.6 Å². The van der Waals surface area contributed by atoms with Crippen molar-refractivity contribution in [2.75, 3.05) is 5.32 Å². The second-order valence-corrected chi connectivity index (χ2v) is 5.73. The summed E-state index contributed by atoms with van der Waals surface area (Å²) in [6.07, 6.45) is 3.16. The van der Waals surface area contributed by atoms with Gasteiger partial charge in [0.05, 0.1) is 11.9 Å². The van der Waals surface area contributed by atoms with Crippen LogP contribution >= 0.6 is 12.4 Å². The number of carbonyl (C=O) groups is 1. The van der Waals surface area contributed by atoms with Crippen molar-refractivity contribution in [3.8, 4) is 11.6 Å². The summed E-state index contributed by atoms with van der Waals surface area (Å²) >= 11 is 0. The van der Waals surface area contributed by atoms with Crippen molar-refractivity contribution >= 4 is 34.9 Å². The van der Waals surface area contributed by atoms with Gasteiger partial charge in [-0.2, -0.15) is 0 Å². The third-order valence-corrected chi connectivity index (χ3v) is 3.95. The highest BCUT2D eigenvalue weighted by molar-refractivity contribution is 6.04. The lowest BCUT2D eigenvalue weighted by Gasteiger charge is -2.09. The van der Waals surface area contributed by atoms with Crippen molar-refractivity contribution in [1.29, 1.82) is 0 Å². The molecule has 0 unspecified atom stereocenters. The van der Waals surface area contributed by atoms with Gasteiger partial charge in [-0.05, 0) is 36.4 Å². The van der Waals surface area contributed by atoms with E-state index in [9.17, 15) is 13.6 Å². The van der Waals surface area contributed by atoms with Crippen LogP contribution in [0.4, 0.5) is 14.5 Å². The van der Waals surface area contributed by atoms with Crippen LogP contribution in [0.15, 0.2) is 67.0 Å². The predicted molar refractivity (Wildman–Crippen MR) is 104 cm³/mol. The number of amides is 1. The SMILES string of the molecule is Cl.O=C(Nc1ccc(Oc2cccc3[nH]ccc23)nc1)c1c(F)cccc1F. The van der Waals surface area contributed by atoms with Crippen molar-refractivity contribution in [2.24, 2.45) is 0 Å². The topological polar surface area (TPSA) is 67.0 Å². The lowest BCUT2D eigenvalue weighted by molar-refractivity contribution is 0.101. The van der Waals surface area contributed by atoms with Crippen molar-refractivity contribution in [3.05, 3.63) is 84.2 Å². The first kappa shape index (κ1) is 19.3. The molecule has 2 aromatic heterocycles. The minimum Gasteiger partial charge on any atom is -0.438 e. The van der Waals surface area contributed by atoms with Crippen molar-refractivity contribution in [2.45, 2.75) is 0 Å². The van der Waals surface area contributed by atoms with E-state index in [-0.39, 0.29) is 18.1 Å². The number of hydrogen-bond donors (Lipinski definition) is 2. The van der Waals surface area contributed by atoms with Gasteiger partial charge in [-0.25, -0.2) is 13.8 Å². The number of rotatable bonds is 4. The number of H-pyrrole nitrogens is 1.